The van der Waals surface area contributed by atoms with Crippen LogP contribution in [0.5, 0.6) is 0 Å². The van der Waals surface area contributed by atoms with Gasteiger partial charge in [0.05, 0.1) is 6.04 Å². The van der Waals surface area contributed by atoms with Crippen LogP contribution in [-0.2, 0) is 16.0 Å². The van der Waals surface area contributed by atoms with Crippen molar-refractivity contribution >= 4 is 11.8 Å². The number of amidine groups is 1. The van der Waals surface area contributed by atoms with E-state index in [1.165, 1.54) is 12.8 Å². The molecule has 0 spiro atoms. The van der Waals surface area contributed by atoms with E-state index in [1.54, 1.807) is 12.4 Å². The minimum absolute atomic E-state index is 0.0169. The molecule has 120 valence electrons. The van der Waals surface area contributed by atoms with Gasteiger partial charge in [0.15, 0.2) is 11.9 Å². The number of hydrogen-bond donors (Lipinski definition) is 2. The quantitative estimate of drug-likeness (QED) is 0.829. The largest absolute Gasteiger partial charge is 0.507 e. The van der Waals surface area contributed by atoms with Gasteiger partial charge in [-0.3, -0.25) is 9.98 Å². The lowest BCUT2D eigenvalue weighted by atomic mass is 9.92. The number of carbonyl (C=O) groups excluding carboxylic acids is 1. The average Bonchev–Trinajstić information content (AvgIpc) is 3.09. The molecule has 6 heteroatoms. The molecule has 0 aromatic carbocycles. The predicted molar refractivity (Wildman–Crippen MR) is 84.1 cm³/mol. The van der Waals surface area contributed by atoms with Crippen LogP contribution in [0.4, 0.5) is 0 Å². The van der Waals surface area contributed by atoms with E-state index in [0.29, 0.717) is 12.3 Å². The van der Waals surface area contributed by atoms with Gasteiger partial charge in [0, 0.05) is 24.9 Å². The first-order valence-corrected chi connectivity index (χ1v) is 8.10. The number of fused-ring (bicyclic) bond motifs is 1. The molecule has 1 aliphatic carbocycles. The second kappa shape index (κ2) is 5.68. The Morgan fingerprint density at radius 1 is 1.26 bits per heavy atom. The number of pyridine rings is 1. The Bertz CT molecular complexity index is 684. The smallest absolute Gasteiger partial charge is 0.346 e. The molecule has 1 aromatic heterocycles. The fraction of sp³-hybridized carbons (Fsp3) is 0.471. The zero-order valence-corrected chi connectivity index (χ0v) is 12.7. The molecule has 2 N–H and O–H groups in total. The number of aliphatic imine (C=N–C) groups is 1. The van der Waals surface area contributed by atoms with Crippen molar-refractivity contribution in [3.05, 3.63) is 41.4 Å². The molecule has 1 aromatic rings. The fourth-order valence-corrected chi connectivity index (χ4v) is 3.55. The summed E-state index contributed by atoms with van der Waals surface area (Å²) >= 11 is 0. The third-order valence-corrected chi connectivity index (χ3v) is 4.77. The topological polar surface area (TPSA) is 83.8 Å². The number of aliphatic hydroxyl groups is 1. The lowest BCUT2D eigenvalue weighted by molar-refractivity contribution is -0.139. The summed E-state index contributed by atoms with van der Waals surface area (Å²) in [6, 6.07) is 4.19. The number of nitrogens with one attached hydrogen (secondary N) is 1. The Balaban J connectivity index is 1.56. The minimum Gasteiger partial charge on any atom is -0.507 e. The van der Waals surface area contributed by atoms with Crippen molar-refractivity contribution in [2.45, 2.75) is 50.3 Å². The summed E-state index contributed by atoms with van der Waals surface area (Å²) in [6.07, 6.45) is 7.58. The van der Waals surface area contributed by atoms with E-state index in [4.69, 9.17) is 4.74 Å². The summed E-state index contributed by atoms with van der Waals surface area (Å²) in [5.41, 5.74) is 1.17. The van der Waals surface area contributed by atoms with E-state index in [9.17, 15) is 9.90 Å². The van der Waals surface area contributed by atoms with E-state index in [1.807, 2.05) is 12.1 Å². The summed E-state index contributed by atoms with van der Waals surface area (Å²) < 4.78 is 5.35. The maximum absolute atomic E-state index is 12.2. The van der Waals surface area contributed by atoms with E-state index >= 15 is 0 Å². The van der Waals surface area contributed by atoms with Crippen molar-refractivity contribution in [3.63, 3.8) is 0 Å². The first-order valence-electron chi connectivity index (χ1n) is 8.10. The van der Waals surface area contributed by atoms with Gasteiger partial charge in [-0.1, -0.05) is 12.8 Å². The van der Waals surface area contributed by atoms with Crippen LogP contribution in [-0.4, -0.2) is 40.1 Å². The maximum atomic E-state index is 12.2. The Morgan fingerprint density at radius 2 is 2.04 bits per heavy atom. The molecule has 6 nitrogen and oxygen atoms in total. The van der Waals surface area contributed by atoms with E-state index in [-0.39, 0.29) is 23.4 Å². The number of ether oxygens (including phenoxy) is 1. The van der Waals surface area contributed by atoms with Gasteiger partial charge in [0.2, 0.25) is 0 Å². The Kier molecular flexibility index (Phi) is 3.52. The minimum atomic E-state index is -0.646. The van der Waals surface area contributed by atoms with Crippen molar-refractivity contribution in [1.82, 2.24) is 10.3 Å². The molecular formula is C17H19N3O3. The van der Waals surface area contributed by atoms with Crippen LogP contribution < -0.4 is 5.32 Å². The van der Waals surface area contributed by atoms with Crippen molar-refractivity contribution in [1.29, 1.82) is 0 Å². The van der Waals surface area contributed by atoms with Gasteiger partial charge in [0.25, 0.3) is 0 Å². The molecule has 0 bridgehead atoms. The van der Waals surface area contributed by atoms with Gasteiger partial charge in [-0.15, -0.1) is 0 Å². The average molecular weight is 313 g/mol. The van der Waals surface area contributed by atoms with Crippen LogP contribution >= 0.6 is 0 Å². The van der Waals surface area contributed by atoms with Gasteiger partial charge in [0.1, 0.15) is 11.4 Å². The second-order valence-corrected chi connectivity index (χ2v) is 6.29. The zero-order valence-electron chi connectivity index (χ0n) is 12.7. The summed E-state index contributed by atoms with van der Waals surface area (Å²) in [5.74, 6) is -0.00945. The highest BCUT2D eigenvalue weighted by atomic mass is 16.6. The monoisotopic (exact) mass is 313 g/mol. The fourth-order valence-electron chi connectivity index (χ4n) is 3.55. The summed E-state index contributed by atoms with van der Waals surface area (Å²) in [7, 11) is 0. The van der Waals surface area contributed by atoms with Crippen LogP contribution in [0.15, 0.2) is 40.9 Å². The number of aromatic nitrogens is 1. The van der Waals surface area contributed by atoms with Crippen LogP contribution in [0.3, 0.4) is 0 Å². The van der Waals surface area contributed by atoms with Crippen molar-refractivity contribution in [2.75, 3.05) is 0 Å². The molecule has 0 radical (unpaired) electrons. The SMILES string of the molecule is O=C1O[C@H](Cc2ccncc2)C(O)=C1C1=N[C@@H]2CCCC[C@H]2N1. The Hall–Kier alpha value is -2.37. The van der Waals surface area contributed by atoms with Crippen LogP contribution in [0.1, 0.15) is 31.2 Å². The molecule has 3 heterocycles. The van der Waals surface area contributed by atoms with Gasteiger partial charge in [-0.05, 0) is 30.5 Å². The summed E-state index contributed by atoms with van der Waals surface area (Å²) in [5, 5.41) is 13.8. The highest BCUT2D eigenvalue weighted by Gasteiger charge is 2.41. The molecule has 0 amide bonds. The number of rotatable bonds is 3. The van der Waals surface area contributed by atoms with Gasteiger partial charge < -0.3 is 15.2 Å². The van der Waals surface area contributed by atoms with E-state index in [0.717, 1.165) is 18.4 Å². The number of aliphatic hydroxyl groups excluding tert-OH is 1. The molecule has 3 atom stereocenters. The van der Waals surface area contributed by atoms with Gasteiger partial charge in [-0.25, -0.2) is 4.79 Å². The predicted octanol–water partition coefficient (Wildman–Crippen LogP) is 1.67. The lowest BCUT2D eigenvalue weighted by Gasteiger charge is -2.23. The summed E-state index contributed by atoms with van der Waals surface area (Å²) in [6.45, 7) is 0. The van der Waals surface area contributed by atoms with Crippen LogP contribution in [0, 0.1) is 0 Å². The number of esters is 1. The number of carbonyl (C=O) groups is 1. The van der Waals surface area contributed by atoms with Crippen LogP contribution in [0.25, 0.3) is 0 Å². The molecule has 23 heavy (non-hydrogen) atoms. The zero-order chi connectivity index (χ0) is 15.8. The number of hydrogen-bond acceptors (Lipinski definition) is 6. The molecule has 1 fully saturated rings. The Labute approximate surface area is 134 Å². The molecule has 0 saturated heterocycles. The van der Waals surface area contributed by atoms with Crippen molar-refractivity contribution < 1.29 is 14.6 Å². The highest BCUT2D eigenvalue weighted by molar-refractivity contribution is 6.21. The molecule has 1 saturated carbocycles. The highest BCUT2D eigenvalue weighted by Crippen LogP contribution is 2.30. The van der Waals surface area contributed by atoms with Gasteiger partial charge >= 0.3 is 5.97 Å². The number of nitrogens with zero attached hydrogens (tertiary/aromatic N) is 2. The molecular weight excluding hydrogens is 294 g/mol. The lowest BCUT2D eigenvalue weighted by Crippen LogP contribution is -2.37. The third kappa shape index (κ3) is 2.58. The molecule has 3 aliphatic rings. The van der Waals surface area contributed by atoms with Crippen molar-refractivity contribution in [2.24, 2.45) is 4.99 Å². The maximum Gasteiger partial charge on any atom is 0.346 e. The first-order chi connectivity index (χ1) is 11.2. The molecule has 2 aliphatic heterocycles. The first kappa shape index (κ1) is 14.2. The molecule has 4 rings (SSSR count). The van der Waals surface area contributed by atoms with E-state index < -0.39 is 12.1 Å². The van der Waals surface area contributed by atoms with Crippen molar-refractivity contribution in [3.8, 4) is 0 Å². The summed E-state index contributed by atoms with van der Waals surface area (Å²) in [4.78, 5) is 20.8. The number of cyclic esters (lactones) is 1. The van der Waals surface area contributed by atoms with Crippen LogP contribution in [0.2, 0.25) is 0 Å². The van der Waals surface area contributed by atoms with E-state index in [2.05, 4.69) is 15.3 Å². The normalized spacial score (nSPS) is 29.8. The molecule has 0 unspecified atom stereocenters. The third-order valence-electron chi connectivity index (χ3n) is 4.77. The Morgan fingerprint density at radius 3 is 2.83 bits per heavy atom. The standard InChI is InChI=1S/C17H19N3O3/c21-15-13(9-10-5-7-18-8-6-10)23-17(22)14(15)16-19-11-3-1-2-4-12(11)20-16/h5-8,11-13,21H,1-4,9H2,(H,19,20)/t11-,12-,13-/m1/s1. The van der Waals surface area contributed by atoms with Gasteiger partial charge in [-0.2, -0.15) is 0 Å². The second-order valence-electron chi connectivity index (χ2n) is 6.29.